The lowest BCUT2D eigenvalue weighted by Crippen LogP contribution is -3.25. The molecule has 0 saturated carbocycles. The zero-order valence-electron chi connectivity index (χ0n) is 11.3. The van der Waals surface area contributed by atoms with Crippen LogP contribution in [0.25, 0.3) is 0 Å². The van der Waals surface area contributed by atoms with E-state index < -0.39 is 0 Å². The predicted octanol–water partition coefficient (Wildman–Crippen LogP) is 0.302. The molecule has 0 bridgehead atoms. The Kier molecular flexibility index (Phi) is 3.92. The molecule has 0 amide bonds. The highest BCUT2D eigenvalue weighted by atomic mass is 15.3. The number of hydrogen-bond acceptors (Lipinski definition) is 0. The molecule has 3 rings (SSSR count). The molecule has 2 aromatic carbocycles. The molecule has 2 heteroatoms. The van der Waals surface area contributed by atoms with Gasteiger partial charge in [0.05, 0.1) is 0 Å². The quantitative estimate of drug-likeness (QED) is 0.780. The van der Waals surface area contributed by atoms with Gasteiger partial charge in [0.1, 0.15) is 38.4 Å². The third-order valence-corrected chi connectivity index (χ3v) is 4.04. The van der Waals surface area contributed by atoms with E-state index in [1.807, 2.05) is 0 Å². The lowest BCUT2D eigenvalue weighted by atomic mass is 10.2. The molecule has 1 aliphatic heterocycles. The maximum Gasteiger partial charge on any atom is 0.132 e. The van der Waals surface area contributed by atoms with Gasteiger partial charge in [0.2, 0.25) is 0 Å². The predicted molar refractivity (Wildman–Crippen MR) is 77.6 cm³/mol. The number of para-hydroxylation sites is 1. The second-order valence-corrected chi connectivity index (χ2v) is 5.38. The van der Waals surface area contributed by atoms with Crippen molar-refractivity contribution in [3.63, 3.8) is 0 Å². The van der Waals surface area contributed by atoms with Crippen LogP contribution < -0.4 is 9.80 Å². The van der Waals surface area contributed by atoms with Gasteiger partial charge in [-0.25, -0.2) is 0 Å². The van der Waals surface area contributed by atoms with E-state index in [1.54, 1.807) is 9.80 Å². The summed E-state index contributed by atoms with van der Waals surface area (Å²) in [7, 11) is 0. The Morgan fingerprint density at radius 2 is 1.26 bits per heavy atom. The maximum absolute atomic E-state index is 2.25. The first kappa shape index (κ1) is 12.4. The Morgan fingerprint density at radius 1 is 0.684 bits per heavy atom. The molecule has 0 spiro atoms. The SMILES string of the molecule is c1ccc(C[NH+]2CC[NH+](c3ccccc3)CC2)cc1. The van der Waals surface area contributed by atoms with Crippen molar-refractivity contribution < 1.29 is 9.80 Å². The molecule has 2 nitrogen and oxygen atoms in total. The third kappa shape index (κ3) is 3.22. The first-order valence-electron chi connectivity index (χ1n) is 7.19. The van der Waals surface area contributed by atoms with E-state index >= 15 is 0 Å². The largest absolute Gasteiger partial charge is 0.322 e. The van der Waals surface area contributed by atoms with Gasteiger partial charge in [-0.1, -0.05) is 48.5 Å². The Morgan fingerprint density at radius 3 is 1.89 bits per heavy atom. The molecule has 0 aromatic heterocycles. The van der Waals surface area contributed by atoms with Crippen molar-refractivity contribution >= 4 is 5.69 Å². The molecule has 2 N–H and O–H groups in total. The molecule has 0 aliphatic carbocycles. The first-order valence-corrected chi connectivity index (χ1v) is 7.19. The second kappa shape index (κ2) is 6.00. The number of quaternary nitrogens is 2. The Balaban J connectivity index is 1.55. The van der Waals surface area contributed by atoms with Gasteiger partial charge in [-0.05, 0) is 12.1 Å². The summed E-state index contributed by atoms with van der Waals surface area (Å²) < 4.78 is 0. The fraction of sp³-hybridized carbons (Fsp3) is 0.294. The molecule has 0 radical (unpaired) electrons. The van der Waals surface area contributed by atoms with Crippen LogP contribution in [-0.2, 0) is 6.54 Å². The normalized spacial score (nSPS) is 23.2. The van der Waals surface area contributed by atoms with Crippen molar-refractivity contribution in [3.8, 4) is 0 Å². The fourth-order valence-electron chi connectivity index (χ4n) is 2.93. The molecule has 98 valence electrons. The van der Waals surface area contributed by atoms with Gasteiger partial charge in [0.15, 0.2) is 0 Å². The molecule has 0 atom stereocenters. The van der Waals surface area contributed by atoms with Crippen LogP contribution in [0.4, 0.5) is 5.69 Å². The number of rotatable bonds is 3. The minimum Gasteiger partial charge on any atom is -0.322 e. The van der Waals surface area contributed by atoms with E-state index in [4.69, 9.17) is 0 Å². The van der Waals surface area contributed by atoms with Gasteiger partial charge < -0.3 is 4.90 Å². The fourth-order valence-corrected chi connectivity index (χ4v) is 2.93. The van der Waals surface area contributed by atoms with Gasteiger partial charge in [0.25, 0.3) is 0 Å². The Hall–Kier alpha value is -1.64. The van der Waals surface area contributed by atoms with E-state index in [2.05, 4.69) is 60.7 Å². The summed E-state index contributed by atoms with van der Waals surface area (Å²) in [6.45, 7) is 6.18. The van der Waals surface area contributed by atoms with Crippen LogP contribution >= 0.6 is 0 Å². The van der Waals surface area contributed by atoms with E-state index in [9.17, 15) is 0 Å². The van der Waals surface area contributed by atoms with Crippen LogP contribution in [-0.4, -0.2) is 26.2 Å². The summed E-state index contributed by atoms with van der Waals surface area (Å²) in [6.07, 6.45) is 0. The van der Waals surface area contributed by atoms with Crippen molar-refractivity contribution in [3.05, 3.63) is 66.2 Å². The van der Waals surface area contributed by atoms with Crippen LogP contribution in [0, 0.1) is 0 Å². The van der Waals surface area contributed by atoms with Crippen molar-refractivity contribution in [1.82, 2.24) is 0 Å². The highest BCUT2D eigenvalue weighted by Gasteiger charge is 2.24. The van der Waals surface area contributed by atoms with E-state index in [-0.39, 0.29) is 0 Å². The van der Waals surface area contributed by atoms with Gasteiger partial charge in [-0.2, -0.15) is 0 Å². The Bertz CT molecular complexity index is 487. The topological polar surface area (TPSA) is 8.88 Å². The monoisotopic (exact) mass is 254 g/mol. The molecule has 19 heavy (non-hydrogen) atoms. The number of piperazine rings is 1. The zero-order chi connectivity index (χ0) is 12.9. The molecule has 1 aliphatic rings. The molecule has 2 aromatic rings. The minimum absolute atomic E-state index is 1.17. The summed E-state index contributed by atoms with van der Waals surface area (Å²) in [4.78, 5) is 3.35. The summed E-state index contributed by atoms with van der Waals surface area (Å²) in [6, 6.07) is 21.7. The van der Waals surface area contributed by atoms with E-state index in [1.165, 1.54) is 44.0 Å². The summed E-state index contributed by atoms with van der Waals surface area (Å²) in [5.74, 6) is 0. The summed E-state index contributed by atoms with van der Waals surface area (Å²) in [5, 5.41) is 0. The number of benzene rings is 2. The molecule has 1 saturated heterocycles. The zero-order valence-corrected chi connectivity index (χ0v) is 11.3. The maximum atomic E-state index is 2.25. The van der Waals surface area contributed by atoms with Crippen molar-refractivity contribution in [2.75, 3.05) is 26.2 Å². The van der Waals surface area contributed by atoms with Crippen LogP contribution in [0.1, 0.15) is 5.56 Å². The van der Waals surface area contributed by atoms with Gasteiger partial charge >= 0.3 is 0 Å². The van der Waals surface area contributed by atoms with Crippen LogP contribution in [0.5, 0.6) is 0 Å². The molecular weight excluding hydrogens is 232 g/mol. The third-order valence-electron chi connectivity index (χ3n) is 4.04. The molecule has 0 unspecified atom stereocenters. The van der Waals surface area contributed by atoms with Crippen molar-refractivity contribution in [2.45, 2.75) is 6.54 Å². The van der Waals surface area contributed by atoms with Crippen LogP contribution in [0.15, 0.2) is 60.7 Å². The van der Waals surface area contributed by atoms with E-state index in [0.29, 0.717) is 0 Å². The number of hydrogen-bond donors (Lipinski definition) is 2. The minimum atomic E-state index is 1.17. The molecule has 1 heterocycles. The lowest BCUT2D eigenvalue weighted by Gasteiger charge is -2.29. The summed E-state index contributed by atoms with van der Waals surface area (Å²) in [5.41, 5.74) is 2.90. The van der Waals surface area contributed by atoms with E-state index in [0.717, 1.165) is 0 Å². The highest BCUT2D eigenvalue weighted by Crippen LogP contribution is 1.98. The van der Waals surface area contributed by atoms with Gasteiger partial charge in [0, 0.05) is 5.56 Å². The lowest BCUT2D eigenvalue weighted by molar-refractivity contribution is -0.994. The second-order valence-electron chi connectivity index (χ2n) is 5.38. The highest BCUT2D eigenvalue weighted by molar-refractivity contribution is 5.27. The van der Waals surface area contributed by atoms with Gasteiger partial charge in [-0.3, -0.25) is 4.90 Å². The van der Waals surface area contributed by atoms with Crippen molar-refractivity contribution in [1.29, 1.82) is 0 Å². The Labute approximate surface area is 115 Å². The standard InChI is InChI=1S/C17H20N2/c1-3-7-16(8-4-1)15-18-11-13-19(14-12-18)17-9-5-2-6-10-17/h1-10H,11-15H2/p+2. The van der Waals surface area contributed by atoms with Crippen LogP contribution in [0.3, 0.4) is 0 Å². The smallest absolute Gasteiger partial charge is 0.132 e. The van der Waals surface area contributed by atoms with Crippen LogP contribution in [0.2, 0.25) is 0 Å². The number of nitrogens with one attached hydrogen (secondary N) is 2. The first-order chi connectivity index (χ1) is 9.42. The molecule has 1 fully saturated rings. The average Bonchev–Trinajstić information content (AvgIpc) is 2.50. The van der Waals surface area contributed by atoms with Gasteiger partial charge in [-0.15, -0.1) is 0 Å². The van der Waals surface area contributed by atoms with Crippen molar-refractivity contribution in [2.24, 2.45) is 0 Å². The summed E-state index contributed by atoms with van der Waals surface area (Å²) >= 11 is 0. The molecular formula is C17H22N2+2. The average molecular weight is 254 g/mol.